The number of ether oxygens (including phenoxy) is 2. The highest BCUT2D eigenvalue weighted by Crippen LogP contribution is 2.29. The van der Waals surface area contributed by atoms with Gasteiger partial charge < -0.3 is 15.2 Å². The SMILES string of the molecule is COc1cc(/N=C/C(Br)/C=C/COc2cc(N)ccc2Cl)ccc1Cl. The molecule has 0 heterocycles. The lowest BCUT2D eigenvalue weighted by molar-refractivity contribution is 0.363. The van der Waals surface area contributed by atoms with Crippen LogP contribution in [0.2, 0.25) is 10.0 Å². The van der Waals surface area contributed by atoms with E-state index in [1.54, 1.807) is 43.7 Å². The number of nitrogens with zero attached hydrogens (tertiary/aromatic N) is 1. The minimum Gasteiger partial charge on any atom is -0.495 e. The van der Waals surface area contributed by atoms with Crippen molar-refractivity contribution in [2.45, 2.75) is 4.83 Å². The van der Waals surface area contributed by atoms with Gasteiger partial charge in [0.05, 0.1) is 27.7 Å². The quantitative estimate of drug-likeness (QED) is 0.259. The number of allylic oxidation sites excluding steroid dienone is 1. The van der Waals surface area contributed by atoms with Gasteiger partial charge in [0.25, 0.3) is 0 Å². The highest BCUT2D eigenvalue weighted by molar-refractivity contribution is 9.10. The number of benzene rings is 2. The number of rotatable bonds is 7. The van der Waals surface area contributed by atoms with Crippen molar-refractivity contribution >= 4 is 56.7 Å². The summed E-state index contributed by atoms with van der Waals surface area (Å²) in [5.74, 6) is 1.14. The van der Waals surface area contributed by atoms with E-state index < -0.39 is 0 Å². The van der Waals surface area contributed by atoms with Crippen LogP contribution in [0.25, 0.3) is 0 Å². The predicted octanol–water partition coefficient (Wildman–Crippen LogP) is 5.69. The molecular formula is C18H17BrCl2N2O2. The summed E-state index contributed by atoms with van der Waals surface area (Å²) in [6.45, 7) is 0.369. The van der Waals surface area contributed by atoms with Crippen LogP contribution >= 0.6 is 39.1 Å². The van der Waals surface area contributed by atoms with Gasteiger partial charge in [-0.3, -0.25) is 4.99 Å². The minimum atomic E-state index is -0.0471. The van der Waals surface area contributed by atoms with Gasteiger partial charge in [-0.05, 0) is 30.3 Å². The van der Waals surface area contributed by atoms with Crippen LogP contribution in [0.3, 0.4) is 0 Å². The number of hydrogen-bond acceptors (Lipinski definition) is 4. The zero-order valence-electron chi connectivity index (χ0n) is 13.5. The molecule has 0 aromatic heterocycles. The Labute approximate surface area is 165 Å². The third kappa shape index (κ3) is 6.27. The van der Waals surface area contributed by atoms with E-state index in [-0.39, 0.29) is 4.83 Å². The summed E-state index contributed by atoms with van der Waals surface area (Å²) in [4.78, 5) is 4.33. The fraction of sp³-hybridized carbons (Fsp3) is 0.167. The summed E-state index contributed by atoms with van der Waals surface area (Å²) in [5, 5.41) is 1.07. The lowest BCUT2D eigenvalue weighted by Gasteiger charge is -2.06. The zero-order valence-corrected chi connectivity index (χ0v) is 16.6. The highest BCUT2D eigenvalue weighted by Gasteiger charge is 2.02. The van der Waals surface area contributed by atoms with Crippen LogP contribution in [0, 0.1) is 0 Å². The molecule has 2 rings (SSSR count). The molecule has 2 aromatic rings. The number of nitrogens with two attached hydrogens (primary N) is 1. The first-order chi connectivity index (χ1) is 12.0. The number of nitrogen functional groups attached to an aromatic ring is 1. The van der Waals surface area contributed by atoms with E-state index >= 15 is 0 Å². The smallest absolute Gasteiger partial charge is 0.140 e. The maximum atomic E-state index is 6.04. The predicted molar refractivity (Wildman–Crippen MR) is 109 cm³/mol. The van der Waals surface area contributed by atoms with Crippen molar-refractivity contribution in [3.63, 3.8) is 0 Å². The molecule has 25 heavy (non-hydrogen) atoms. The molecule has 2 N–H and O–H groups in total. The first-order valence-corrected chi connectivity index (χ1v) is 9.03. The average Bonchev–Trinajstić information content (AvgIpc) is 2.60. The van der Waals surface area contributed by atoms with Crippen LogP contribution in [-0.4, -0.2) is 24.8 Å². The summed E-state index contributed by atoms with van der Waals surface area (Å²) >= 11 is 15.5. The van der Waals surface area contributed by atoms with Crippen molar-refractivity contribution < 1.29 is 9.47 Å². The molecule has 0 saturated carbocycles. The topological polar surface area (TPSA) is 56.8 Å². The van der Waals surface area contributed by atoms with Crippen molar-refractivity contribution in [2.24, 2.45) is 4.99 Å². The van der Waals surface area contributed by atoms with E-state index in [1.807, 2.05) is 18.2 Å². The number of anilines is 1. The van der Waals surface area contributed by atoms with Gasteiger partial charge in [0.15, 0.2) is 0 Å². The molecule has 0 amide bonds. The fourth-order valence-electron chi connectivity index (χ4n) is 1.89. The Morgan fingerprint density at radius 2 is 1.88 bits per heavy atom. The number of halogens is 3. The van der Waals surface area contributed by atoms with Gasteiger partial charge in [-0.2, -0.15) is 0 Å². The zero-order chi connectivity index (χ0) is 18.2. The molecule has 0 saturated heterocycles. The van der Waals surface area contributed by atoms with Crippen molar-refractivity contribution in [1.82, 2.24) is 0 Å². The Morgan fingerprint density at radius 1 is 1.16 bits per heavy atom. The van der Waals surface area contributed by atoms with E-state index in [1.165, 1.54) is 0 Å². The van der Waals surface area contributed by atoms with Gasteiger partial charge in [0.2, 0.25) is 0 Å². The van der Waals surface area contributed by atoms with Crippen molar-refractivity contribution in [2.75, 3.05) is 19.5 Å². The van der Waals surface area contributed by atoms with Gasteiger partial charge in [-0.15, -0.1) is 0 Å². The number of methoxy groups -OCH3 is 1. The van der Waals surface area contributed by atoms with E-state index in [4.69, 9.17) is 38.4 Å². The molecular weight excluding hydrogens is 427 g/mol. The summed E-state index contributed by atoms with van der Waals surface area (Å²) in [6, 6.07) is 10.5. The molecule has 2 aromatic carbocycles. The maximum Gasteiger partial charge on any atom is 0.140 e. The van der Waals surface area contributed by atoms with Crippen LogP contribution in [0.4, 0.5) is 11.4 Å². The standard InChI is InChI=1S/C18H17BrCl2N2O2/c1-24-17-10-14(5-7-15(17)20)23-11-12(19)3-2-8-25-18-9-13(22)4-6-16(18)21/h2-7,9-12H,8,22H2,1H3/b3-2+,23-11+. The number of hydrogen-bond donors (Lipinski definition) is 1. The molecule has 4 nitrogen and oxygen atoms in total. The molecule has 0 spiro atoms. The lowest BCUT2D eigenvalue weighted by atomic mass is 10.3. The summed E-state index contributed by atoms with van der Waals surface area (Å²) in [5.41, 5.74) is 7.06. The first kappa shape index (κ1) is 19.6. The Bertz CT molecular complexity index is 782. The van der Waals surface area contributed by atoms with Crippen LogP contribution in [-0.2, 0) is 0 Å². The molecule has 7 heteroatoms. The molecule has 0 aliphatic heterocycles. The van der Waals surface area contributed by atoms with E-state index in [0.717, 1.165) is 5.69 Å². The van der Waals surface area contributed by atoms with Crippen LogP contribution in [0.1, 0.15) is 0 Å². The Hall–Kier alpha value is -1.69. The second kappa shape index (κ2) is 9.70. The Morgan fingerprint density at radius 3 is 2.64 bits per heavy atom. The van der Waals surface area contributed by atoms with Crippen molar-refractivity contribution in [1.29, 1.82) is 0 Å². The number of aliphatic imine (C=N–C) groups is 1. The minimum absolute atomic E-state index is 0.0471. The maximum absolute atomic E-state index is 6.04. The highest BCUT2D eigenvalue weighted by atomic mass is 79.9. The summed E-state index contributed by atoms with van der Waals surface area (Å²) in [6.07, 6.45) is 5.54. The monoisotopic (exact) mass is 442 g/mol. The van der Waals surface area contributed by atoms with Crippen LogP contribution < -0.4 is 15.2 Å². The third-order valence-electron chi connectivity index (χ3n) is 3.11. The second-order valence-corrected chi connectivity index (χ2v) is 6.84. The van der Waals surface area contributed by atoms with Crippen LogP contribution in [0.5, 0.6) is 11.5 Å². The largest absolute Gasteiger partial charge is 0.495 e. The fourth-order valence-corrected chi connectivity index (χ4v) is 2.59. The van der Waals surface area contributed by atoms with E-state index in [9.17, 15) is 0 Å². The Kier molecular flexibility index (Phi) is 7.62. The van der Waals surface area contributed by atoms with Gasteiger partial charge in [-0.1, -0.05) is 45.2 Å². The molecule has 0 aliphatic carbocycles. The number of alkyl halides is 1. The lowest BCUT2D eigenvalue weighted by Crippen LogP contribution is -1.98. The van der Waals surface area contributed by atoms with Crippen molar-refractivity contribution in [3.8, 4) is 11.5 Å². The Balaban J connectivity index is 1.88. The van der Waals surface area contributed by atoms with Crippen molar-refractivity contribution in [3.05, 3.63) is 58.6 Å². The normalized spacial score (nSPS) is 12.6. The molecule has 1 atom stereocenters. The molecule has 0 radical (unpaired) electrons. The third-order valence-corrected chi connectivity index (χ3v) is 4.28. The molecule has 0 aliphatic rings. The average molecular weight is 444 g/mol. The van der Waals surface area contributed by atoms with Gasteiger partial charge >= 0.3 is 0 Å². The summed E-state index contributed by atoms with van der Waals surface area (Å²) in [7, 11) is 1.57. The second-order valence-electron chi connectivity index (χ2n) is 4.97. The van der Waals surface area contributed by atoms with E-state index in [2.05, 4.69) is 20.9 Å². The molecule has 0 fully saturated rings. The molecule has 1 unspecified atom stereocenters. The van der Waals surface area contributed by atoms with Crippen LogP contribution in [0.15, 0.2) is 53.5 Å². The first-order valence-electron chi connectivity index (χ1n) is 7.36. The van der Waals surface area contributed by atoms with Gasteiger partial charge in [0.1, 0.15) is 18.1 Å². The summed E-state index contributed by atoms with van der Waals surface area (Å²) < 4.78 is 10.7. The molecule has 132 valence electrons. The molecule has 0 bridgehead atoms. The van der Waals surface area contributed by atoms with Gasteiger partial charge in [-0.25, -0.2) is 0 Å². The van der Waals surface area contributed by atoms with E-state index in [0.29, 0.717) is 33.8 Å². The van der Waals surface area contributed by atoms with Gasteiger partial charge in [0, 0.05) is 24.0 Å².